The summed E-state index contributed by atoms with van der Waals surface area (Å²) < 4.78 is 0. The fourth-order valence-electron chi connectivity index (χ4n) is 2.64. The van der Waals surface area contributed by atoms with Gasteiger partial charge in [0.25, 0.3) is 0 Å². The van der Waals surface area contributed by atoms with Crippen LogP contribution >= 0.6 is 0 Å². The molecule has 0 amide bonds. The van der Waals surface area contributed by atoms with Crippen LogP contribution in [0.2, 0.25) is 0 Å². The summed E-state index contributed by atoms with van der Waals surface area (Å²) in [5.74, 6) is -0.469. The van der Waals surface area contributed by atoms with Crippen LogP contribution in [0.15, 0.2) is 48.5 Å². The highest BCUT2D eigenvalue weighted by Gasteiger charge is 2.36. The van der Waals surface area contributed by atoms with E-state index >= 15 is 0 Å². The first kappa shape index (κ1) is 11.9. The third-order valence-corrected chi connectivity index (χ3v) is 3.66. The molecule has 0 fully saturated rings. The third kappa shape index (κ3) is 2.02. The molecule has 0 spiro atoms. The molecule has 1 aliphatic carbocycles. The van der Waals surface area contributed by atoms with Crippen molar-refractivity contribution in [3.8, 4) is 5.75 Å². The molecule has 0 aliphatic heterocycles. The summed E-state index contributed by atoms with van der Waals surface area (Å²) in [7, 11) is 0. The van der Waals surface area contributed by atoms with E-state index in [2.05, 4.69) is 0 Å². The van der Waals surface area contributed by atoms with Crippen molar-refractivity contribution < 1.29 is 15.0 Å². The van der Waals surface area contributed by atoms with Gasteiger partial charge in [-0.15, -0.1) is 0 Å². The molecule has 2 N–H and O–H groups in total. The molecular weight excluding hydrogens is 240 g/mol. The molecule has 3 nitrogen and oxygen atoms in total. The zero-order valence-electron chi connectivity index (χ0n) is 10.3. The van der Waals surface area contributed by atoms with Crippen LogP contribution in [0.25, 0.3) is 0 Å². The number of phenolic OH excluding ortho intramolecular Hbond substituents is 1. The number of aliphatic hydroxyl groups is 1. The molecule has 0 saturated heterocycles. The lowest BCUT2D eigenvalue weighted by Crippen LogP contribution is -2.18. The van der Waals surface area contributed by atoms with Crippen molar-refractivity contribution >= 4 is 5.78 Å². The Morgan fingerprint density at radius 3 is 2.58 bits per heavy atom. The largest absolute Gasteiger partial charge is 0.508 e. The Morgan fingerprint density at radius 2 is 1.84 bits per heavy atom. The van der Waals surface area contributed by atoms with Crippen LogP contribution in [0.1, 0.15) is 27.6 Å². The van der Waals surface area contributed by atoms with E-state index in [1.807, 2.05) is 30.3 Å². The number of Topliss-reactive ketones (excluding diaryl/α,β-unsaturated/α-hetero) is 1. The van der Waals surface area contributed by atoms with Gasteiger partial charge in [0.15, 0.2) is 5.78 Å². The van der Waals surface area contributed by atoms with Crippen molar-refractivity contribution in [2.24, 2.45) is 5.92 Å². The minimum absolute atomic E-state index is 0.0851. The van der Waals surface area contributed by atoms with Crippen molar-refractivity contribution in [3.63, 3.8) is 0 Å². The first-order chi connectivity index (χ1) is 9.16. The summed E-state index contributed by atoms with van der Waals surface area (Å²) in [6.07, 6.45) is -0.284. The van der Waals surface area contributed by atoms with Gasteiger partial charge in [0, 0.05) is 5.56 Å². The minimum Gasteiger partial charge on any atom is -0.508 e. The molecule has 0 bridgehead atoms. The monoisotopic (exact) mass is 254 g/mol. The molecule has 2 aromatic rings. The second-order valence-electron chi connectivity index (χ2n) is 4.87. The molecule has 2 atom stereocenters. The number of hydrogen-bond acceptors (Lipinski definition) is 3. The zero-order chi connectivity index (χ0) is 13.4. The topological polar surface area (TPSA) is 57.5 Å². The molecule has 0 aromatic heterocycles. The molecule has 1 aliphatic rings. The number of phenols is 1. The SMILES string of the molecule is O=C1c2cc(O)ccc2CC1C(O)c1ccccc1. The van der Waals surface area contributed by atoms with Crippen LogP contribution in [-0.4, -0.2) is 16.0 Å². The van der Waals surface area contributed by atoms with E-state index in [-0.39, 0.29) is 11.5 Å². The highest BCUT2D eigenvalue weighted by atomic mass is 16.3. The van der Waals surface area contributed by atoms with Crippen LogP contribution in [0.4, 0.5) is 0 Å². The van der Waals surface area contributed by atoms with E-state index in [0.717, 1.165) is 11.1 Å². The molecule has 19 heavy (non-hydrogen) atoms. The van der Waals surface area contributed by atoms with Crippen molar-refractivity contribution in [2.45, 2.75) is 12.5 Å². The number of rotatable bonds is 2. The standard InChI is InChI=1S/C16H14O3/c17-12-7-6-11-8-14(16(19)13(11)9-12)15(18)10-4-2-1-3-5-10/h1-7,9,14-15,17-18H,8H2. The van der Waals surface area contributed by atoms with Gasteiger partial charge in [0.2, 0.25) is 0 Å². The second-order valence-corrected chi connectivity index (χ2v) is 4.87. The fourth-order valence-corrected chi connectivity index (χ4v) is 2.64. The maximum Gasteiger partial charge on any atom is 0.169 e. The van der Waals surface area contributed by atoms with E-state index < -0.39 is 12.0 Å². The number of aliphatic hydroxyl groups excluding tert-OH is 1. The van der Waals surface area contributed by atoms with Gasteiger partial charge in [-0.3, -0.25) is 4.79 Å². The van der Waals surface area contributed by atoms with E-state index in [4.69, 9.17) is 0 Å². The number of hydrogen-bond donors (Lipinski definition) is 2. The van der Waals surface area contributed by atoms with Crippen LogP contribution in [-0.2, 0) is 6.42 Å². The predicted octanol–water partition coefficient (Wildman–Crippen LogP) is 2.48. The first-order valence-corrected chi connectivity index (χ1v) is 6.26. The smallest absolute Gasteiger partial charge is 0.169 e. The Morgan fingerprint density at radius 1 is 1.11 bits per heavy atom. The Labute approximate surface area is 111 Å². The predicted molar refractivity (Wildman–Crippen MR) is 71.0 cm³/mol. The molecule has 2 unspecified atom stereocenters. The van der Waals surface area contributed by atoms with Gasteiger partial charge in [-0.05, 0) is 29.7 Å². The van der Waals surface area contributed by atoms with Crippen LogP contribution in [0, 0.1) is 5.92 Å². The molecule has 3 rings (SSSR count). The summed E-state index contributed by atoms with van der Waals surface area (Å²) in [5.41, 5.74) is 2.17. The summed E-state index contributed by atoms with van der Waals surface area (Å²) in [4.78, 5) is 12.3. The van der Waals surface area contributed by atoms with Gasteiger partial charge in [-0.1, -0.05) is 36.4 Å². The highest BCUT2D eigenvalue weighted by molar-refractivity contribution is 6.03. The van der Waals surface area contributed by atoms with E-state index in [9.17, 15) is 15.0 Å². The lowest BCUT2D eigenvalue weighted by Gasteiger charge is -2.16. The number of ketones is 1. The number of carbonyl (C=O) groups excluding carboxylic acids is 1. The summed E-state index contributed by atoms with van der Waals surface area (Å²) in [6, 6.07) is 14.0. The van der Waals surface area contributed by atoms with E-state index in [1.54, 1.807) is 12.1 Å². The van der Waals surface area contributed by atoms with E-state index in [0.29, 0.717) is 12.0 Å². The molecule has 0 heterocycles. The maximum absolute atomic E-state index is 12.3. The minimum atomic E-state index is -0.803. The summed E-state index contributed by atoms with van der Waals surface area (Å²) >= 11 is 0. The van der Waals surface area contributed by atoms with Crippen molar-refractivity contribution in [3.05, 3.63) is 65.2 Å². The van der Waals surface area contributed by atoms with E-state index in [1.165, 1.54) is 6.07 Å². The van der Waals surface area contributed by atoms with Gasteiger partial charge >= 0.3 is 0 Å². The lowest BCUT2D eigenvalue weighted by atomic mass is 9.92. The zero-order valence-corrected chi connectivity index (χ0v) is 10.3. The summed E-state index contributed by atoms with van der Waals surface area (Å²) in [6.45, 7) is 0. The Kier molecular flexibility index (Phi) is 2.84. The molecule has 96 valence electrons. The van der Waals surface area contributed by atoms with Gasteiger partial charge in [0.1, 0.15) is 5.75 Å². The first-order valence-electron chi connectivity index (χ1n) is 6.26. The molecule has 0 radical (unpaired) electrons. The fraction of sp³-hybridized carbons (Fsp3) is 0.188. The lowest BCUT2D eigenvalue weighted by molar-refractivity contribution is 0.0709. The number of aromatic hydroxyl groups is 1. The Balaban J connectivity index is 1.92. The quantitative estimate of drug-likeness (QED) is 0.865. The Hall–Kier alpha value is -2.13. The number of fused-ring (bicyclic) bond motifs is 1. The second kappa shape index (κ2) is 4.52. The van der Waals surface area contributed by atoms with Gasteiger partial charge in [-0.25, -0.2) is 0 Å². The average molecular weight is 254 g/mol. The normalized spacial score (nSPS) is 19.2. The number of benzene rings is 2. The highest BCUT2D eigenvalue weighted by Crippen LogP contribution is 2.36. The van der Waals surface area contributed by atoms with Crippen molar-refractivity contribution in [1.82, 2.24) is 0 Å². The van der Waals surface area contributed by atoms with Crippen LogP contribution < -0.4 is 0 Å². The molecule has 0 saturated carbocycles. The maximum atomic E-state index is 12.3. The molecule has 3 heteroatoms. The van der Waals surface area contributed by atoms with Crippen molar-refractivity contribution in [2.75, 3.05) is 0 Å². The van der Waals surface area contributed by atoms with Gasteiger partial charge < -0.3 is 10.2 Å². The van der Waals surface area contributed by atoms with Crippen LogP contribution in [0.3, 0.4) is 0 Å². The number of carbonyl (C=O) groups is 1. The van der Waals surface area contributed by atoms with Crippen molar-refractivity contribution in [1.29, 1.82) is 0 Å². The van der Waals surface area contributed by atoms with Gasteiger partial charge in [0.05, 0.1) is 12.0 Å². The third-order valence-electron chi connectivity index (χ3n) is 3.66. The Bertz CT molecular complexity index is 619. The molecular formula is C16H14O3. The van der Waals surface area contributed by atoms with Crippen LogP contribution in [0.5, 0.6) is 5.75 Å². The van der Waals surface area contributed by atoms with Gasteiger partial charge in [-0.2, -0.15) is 0 Å². The molecule has 2 aromatic carbocycles. The average Bonchev–Trinajstić information content (AvgIpc) is 2.76. The summed E-state index contributed by atoms with van der Waals surface area (Å²) in [5, 5.41) is 19.8.